The second kappa shape index (κ2) is 13.2. The zero-order valence-electron chi connectivity index (χ0n) is 19.5. The van der Waals surface area contributed by atoms with Crippen LogP contribution in [0, 0.1) is 0 Å². The maximum atomic E-state index is 13.3. The molecule has 0 unspecified atom stereocenters. The van der Waals surface area contributed by atoms with Gasteiger partial charge in [-0.1, -0.05) is 47.5 Å². The van der Waals surface area contributed by atoms with Gasteiger partial charge in [0.05, 0.1) is 21.2 Å². The maximum absolute atomic E-state index is 13.3. The van der Waals surface area contributed by atoms with Crippen LogP contribution in [0.2, 0.25) is 10.0 Å². The summed E-state index contributed by atoms with van der Waals surface area (Å²) in [5.41, 5.74) is 3.10. The summed E-state index contributed by atoms with van der Waals surface area (Å²) in [6.07, 6.45) is 0. The first-order valence-corrected chi connectivity index (χ1v) is 16.2. The summed E-state index contributed by atoms with van der Waals surface area (Å²) in [6.45, 7) is 8.15. The quantitative estimate of drug-likeness (QED) is 0.412. The highest BCUT2D eigenvalue weighted by molar-refractivity contribution is 8.01. The Bertz CT molecular complexity index is 859. The Morgan fingerprint density at radius 2 is 1.03 bits per heavy atom. The molecule has 2 aliphatic rings. The van der Waals surface area contributed by atoms with Crippen LogP contribution < -0.4 is 0 Å². The minimum atomic E-state index is -0.182. The monoisotopic (exact) mass is 576 g/mol. The van der Waals surface area contributed by atoms with Gasteiger partial charge in [-0.3, -0.25) is 9.59 Å². The summed E-state index contributed by atoms with van der Waals surface area (Å²) >= 11 is 20.3. The van der Waals surface area contributed by atoms with E-state index in [1.54, 1.807) is 83.1 Å². The number of hydrogen-bond donors (Lipinski definition) is 0. The Labute approximate surface area is 230 Å². The van der Waals surface area contributed by atoms with E-state index < -0.39 is 0 Å². The SMILES string of the molecule is C=C1CSCC(N(C)C(=O)c2cc(Cl)c(C(=O)N(C)C3CSCC(=C)CSC3)cc2Cl)CSC1. The van der Waals surface area contributed by atoms with Gasteiger partial charge in [0.25, 0.3) is 11.8 Å². The third kappa shape index (κ3) is 7.32. The lowest BCUT2D eigenvalue weighted by atomic mass is 10.1. The van der Waals surface area contributed by atoms with Gasteiger partial charge < -0.3 is 9.80 Å². The molecule has 1 aromatic rings. The Balaban J connectivity index is 1.73. The summed E-state index contributed by atoms with van der Waals surface area (Å²) in [5, 5.41) is 0.491. The minimum absolute atomic E-state index is 0.0864. The fraction of sp³-hybridized carbons (Fsp3) is 0.500. The molecule has 1 aromatic carbocycles. The van der Waals surface area contributed by atoms with Crippen LogP contribution in [0.3, 0.4) is 0 Å². The number of amides is 2. The van der Waals surface area contributed by atoms with Crippen molar-refractivity contribution in [1.82, 2.24) is 9.80 Å². The first kappa shape index (κ1) is 28.2. The largest absolute Gasteiger partial charge is 0.337 e. The Morgan fingerprint density at radius 3 is 1.32 bits per heavy atom. The first-order valence-electron chi connectivity index (χ1n) is 10.9. The van der Waals surface area contributed by atoms with E-state index in [1.807, 2.05) is 0 Å². The van der Waals surface area contributed by atoms with Crippen molar-refractivity contribution in [3.8, 4) is 0 Å². The molecule has 2 fully saturated rings. The summed E-state index contributed by atoms with van der Waals surface area (Å²) in [7, 11) is 3.61. The molecule has 3 rings (SSSR count). The summed E-state index contributed by atoms with van der Waals surface area (Å²) in [5.74, 6) is 6.64. The maximum Gasteiger partial charge on any atom is 0.255 e. The van der Waals surface area contributed by atoms with Crippen molar-refractivity contribution in [2.24, 2.45) is 0 Å². The number of carbonyl (C=O) groups is 2. The van der Waals surface area contributed by atoms with Crippen LogP contribution in [-0.4, -0.2) is 93.8 Å². The van der Waals surface area contributed by atoms with Crippen molar-refractivity contribution in [2.75, 3.05) is 60.1 Å². The number of carbonyl (C=O) groups excluding carboxylic acids is 2. The molecule has 0 aromatic heterocycles. The van der Waals surface area contributed by atoms with Gasteiger partial charge in [-0.25, -0.2) is 0 Å². The normalized spacial score (nSPS) is 19.1. The van der Waals surface area contributed by atoms with Crippen molar-refractivity contribution < 1.29 is 9.59 Å². The third-order valence-corrected chi connectivity index (χ3v) is 11.3. The second-order valence-corrected chi connectivity index (χ2v) is 13.4. The fourth-order valence-electron chi connectivity index (χ4n) is 3.57. The molecule has 0 bridgehead atoms. The van der Waals surface area contributed by atoms with Crippen LogP contribution in [-0.2, 0) is 0 Å². The van der Waals surface area contributed by atoms with Crippen LogP contribution >= 0.6 is 70.2 Å². The van der Waals surface area contributed by atoms with E-state index in [0.717, 1.165) is 46.0 Å². The van der Waals surface area contributed by atoms with E-state index in [2.05, 4.69) is 13.2 Å². The number of hydrogen-bond acceptors (Lipinski definition) is 6. The number of nitrogens with zero attached hydrogens (tertiary/aromatic N) is 2. The average molecular weight is 578 g/mol. The molecular weight excluding hydrogens is 547 g/mol. The molecule has 0 aliphatic carbocycles. The molecule has 2 heterocycles. The molecule has 0 N–H and O–H groups in total. The zero-order valence-corrected chi connectivity index (χ0v) is 24.3. The number of rotatable bonds is 4. The molecule has 0 spiro atoms. The van der Waals surface area contributed by atoms with Gasteiger partial charge in [-0.15, -0.1) is 0 Å². The van der Waals surface area contributed by atoms with E-state index in [9.17, 15) is 9.59 Å². The molecule has 2 saturated heterocycles. The van der Waals surface area contributed by atoms with E-state index in [-0.39, 0.29) is 33.9 Å². The Hall–Kier alpha value is -0.380. The molecule has 10 heteroatoms. The highest BCUT2D eigenvalue weighted by Crippen LogP contribution is 2.30. The van der Waals surface area contributed by atoms with E-state index in [0.29, 0.717) is 11.1 Å². The topological polar surface area (TPSA) is 40.6 Å². The smallest absolute Gasteiger partial charge is 0.255 e. The molecule has 4 nitrogen and oxygen atoms in total. The predicted molar refractivity (Wildman–Crippen MR) is 156 cm³/mol. The van der Waals surface area contributed by atoms with Crippen LogP contribution in [0.5, 0.6) is 0 Å². The van der Waals surface area contributed by atoms with Crippen LogP contribution in [0.4, 0.5) is 0 Å². The predicted octanol–water partition coefficient (Wildman–Crippen LogP) is 5.95. The average Bonchev–Trinajstić information content (AvgIpc) is 2.78. The van der Waals surface area contributed by atoms with Gasteiger partial charge in [0.15, 0.2) is 0 Å². The molecule has 34 heavy (non-hydrogen) atoms. The van der Waals surface area contributed by atoms with Gasteiger partial charge in [-0.05, 0) is 12.1 Å². The van der Waals surface area contributed by atoms with Crippen molar-refractivity contribution in [3.05, 3.63) is 57.6 Å². The van der Waals surface area contributed by atoms with Gasteiger partial charge in [-0.2, -0.15) is 47.0 Å². The van der Waals surface area contributed by atoms with Gasteiger partial charge in [0, 0.05) is 72.2 Å². The second-order valence-electron chi connectivity index (χ2n) is 8.51. The highest BCUT2D eigenvalue weighted by Gasteiger charge is 2.28. The lowest BCUT2D eigenvalue weighted by Crippen LogP contribution is -2.42. The molecule has 0 saturated carbocycles. The summed E-state index contributed by atoms with van der Waals surface area (Å²) in [6, 6.07) is 3.26. The van der Waals surface area contributed by atoms with Gasteiger partial charge >= 0.3 is 0 Å². The number of thioether (sulfide) groups is 4. The molecule has 186 valence electrons. The van der Waals surface area contributed by atoms with Crippen LogP contribution in [0.25, 0.3) is 0 Å². The van der Waals surface area contributed by atoms with E-state index >= 15 is 0 Å². The zero-order chi connectivity index (χ0) is 24.8. The van der Waals surface area contributed by atoms with Crippen molar-refractivity contribution in [2.45, 2.75) is 12.1 Å². The first-order chi connectivity index (χ1) is 16.2. The standard InChI is InChI=1S/C24H30Cl2N2O2S4/c1-15-7-31-11-17(12-32-8-15)27(3)23(29)19-5-22(26)20(6-21(19)25)24(30)28(4)18-13-33-9-16(2)10-34-14-18/h5-6,17-18H,1-2,7-14H2,3-4H3. The molecule has 0 radical (unpaired) electrons. The third-order valence-electron chi connectivity index (χ3n) is 5.72. The lowest BCUT2D eigenvalue weighted by Gasteiger charge is -2.31. The lowest BCUT2D eigenvalue weighted by molar-refractivity contribution is 0.0748. The summed E-state index contributed by atoms with van der Waals surface area (Å²) in [4.78, 5) is 30.0. The van der Waals surface area contributed by atoms with E-state index in [4.69, 9.17) is 23.2 Å². The van der Waals surface area contributed by atoms with E-state index in [1.165, 1.54) is 11.1 Å². The molecule has 2 aliphatic heterocycles. The fourth-order valence-corrected chi connectivity index (χ4v) is 9.10. The van der Waals surface area contributed by atoms with Crippen LogP contribution in [0.15, 0.2) is 36.4 Å². The number of halogens is 2. The van der Waals surface area contributed by atoms with Crippen molar-refractivity contribution in [1.29, 1.82) is 0 Å². The van der Waals surface area contributed by atoms with Gasteiger partial charge in [0.2, 0.25) is 0 Å². The highest BCUT2D eigenvalue weighted by atomic mass is 35.5. The molecular formula is C24H30Cl2N2O2S4. The number of benzene rings is 1. The Kier molecular flexibility index (Phi) is 11.0. The van der Waals surface area contributed by atoms with Crippen LogP contribution in [0.1, 0.15) is 20.7 Å². The molecule has 0 atom stereocenters. The molecule has 2 amide bonds. The van der Waals surface area contributed by atoms with Gasteiger partial charge in [0.1, 0.15) is 0 Å². The Morgan fingerprint density at radius 1 is 0.735 bits per heavy atom. The summed E-state index contributed by atoms with van der Waals surface area (Å²) < 4.78 is 0. The van der Waals surface area contributed by atoms with Crippen molar-refractivity contribution in [3.63, 3.8) is 0 Å². The van der Waals surface area contributed by atoms with Crippen molar-refractivity contribution >= 4 is 82.1 Å². The minimum Gasteiger partial charge on any atom is -0.337 e.